The van der Waals surface area contributed by atoms with Crippen LogP contribution in [0.3, 0.4) is 0 Å². The molecule has 62 valence electrons. The van der Waals surface area contributed by atoms with E-state index in [1.165, 1.54) is 17.7 Å². The van der Waals surface area contributed by atoms with E-state index in [-0.39, 0.29) is 0 Å². The van der Waals surface area contributed by atoms with Gasteiger partial charge in [0.25, 0.3) is 0 Å². The molecule has 0 aromatic carbocycles. The minimum atomic E-state index is 0.542. The highest BCUT2D eigenvalue weighted by atomic mass is 32.1. The molecule has 2 rings (SSSR count). The van der Waals surface area contributed by atoms with Crippen LogP contribution in [0.15, 0.2) is 16.2 Å². The molecule has 2 N–H and O–H groups in total. The largest absolute Gasteiger partial charge is 0.442 e. The van der Waals surface area contributed by atoms with Crippen LogP contribution < -0.4 is 5.73 Å². The van der Waals surface area contributed by atoms with Crippen molar-refractivity contribution in [3.05, 3.63) is 17.5 Å². The van der Waals surface area contributed by atoms with Gasteiger partial charge in [-0.25, -0.2) is 9.97 Å². The number of anilines is 1. The minimum Gasteiger partial charge on any atom is -0.442 e. The zero-order chi connectivity index (χ0) is 8.55. The van der Waals surface area contributed by atoms with Crippen LogP contribution in [0.5, 0.6) is 0 Å². The molecule has 0 saturated heterocycles. The van der Waals surface area contributed by atoms with Gasteiger partial charge >= 0.3 is 0 Å². The predicted octanol–water partition coefficient (Wildman–Crippen LogP) is 1.69. The van der Waals surface area contributed by atoms with Crippen LogP contribution in [-0.4, -0.2) is 9.97 Å². The van der Waals surface area contributed by atoms with E-state index in [0.717, 1.165) is 11.4 Å². The van der Waals surface area contributed by atoms with Crippen LogP contribution in [0.25, 0.3) is 11.5 Å². The molecule has 2 aromatic heterocycles. The Balaban J connectivity index is 2.50. The van der Waals surface area contributed by atoms with Crippen molar-refractivity contribution in [3.63, 3.8) is 0 Å². The molecular formula is C7H7N3OS. The summed E-state index contributed by atoms with van der Waals surface area (Å²) in [6, 6.07) is 0. The maximum Gasteiger partial charge on any atom is 0.181 e. The lowest BCUT2D eigenvalue weighted by Gasteiger charge is -1.88. The molecule has 0 bridgehead atoms. The van der Waals surface area contributed by atoms with Crippen molar-refractivity contribution >= 4 is 16.5 Å². The number of aryl methyl sites for hydroxylation is 1. The van der Waals surface area contributed by atoms with Gasteiger partial charge in [-0.15, -0.1) is 11.3 Å². The van der Waals surface area contributed by atoms with Gasteiger partial charge in [0, 0.05) is 5.38 Å². The second kappa shape index (κ2) is 2.60. The third-order valence-corrected chi connectivity index (χ3v) is 2.17. The number of aromatic nitrogens is 2. The van der Waals surface area contributed by atoms with E-state index >= 15 is 0 Å². The first-order chi connectivity index (χ1) is 5.77. The number of nitrogens with zero attached hydrogens (tertiary/aromatic N) is 2. The number of hydrogen-bond donors (Lipinski definition) is 1. The fourth-order valence-corrected chi connectivity index (χ4v) is 1.48. The van der Waals surface area contributed by atoms with Crippen molar-refractivity contribution in [2.24, 2.45) is 0 Å². The molecule has 12 heavy (non-hydrogen) atoms. The van der Waals surface area contributed by atoms with Crippen LogP contribution >= 0.6 is 11.3 Å². The van der Waals surface area contributed by atoms with E-state index in [1.54, 1.807) is 0 Å². The van der Waals surface area contributed by atoms with E-state index in [2.05, 4.69) is 9.97 Å². The second-order valence-electron chi connectivity index (χ2n) is 2.34. The molecule has 0 aliphatic rings. The van der Waals surface area contributed by atoms with Gasteiger partial charge in [0.15, 0.2) is 17.3 Å². The van der Waals surface area contributed by atoms with Gasteiger partial charge in [-0.1, -0.05) is 0 Å². The summed E-state index contributed by atoms with van der Waals surface area (Å²) in [6.07, 6.45) is 1.40. The van der Waals surface area contributed by atoms with Crippen LogP contribution in [0, 0.1) is 6.92 Å². The van der Waals surface area contributed by atoms with Crippen LogP contribution in [0.2, 0.25) is 0 Å². The molecule has 5 heteroatoms. The summed E-state index contributed by atoms with van der Waals surface area (Å²) >= 11 is 1.39. The van der Waals surface area contributed by atoms with E-state index in [9.17, 15) is 0 Å². The molecule has 0 spiro atoms. The fraction of sp³-hybridized carbons (Fsp3) is 0.143. The van der Waals surface area contributed by atoms with E-state index in [1.807, 2.05) is 12.3 Å². The van der Waals surface area contributed by atoms with E-state index in [4.69, 9.17) is 10.2 Å². The lowest BCUT2D eigenvalue weighted by Crippen LogP contribution is -1.83. The van der Waals surface area contributed by atoms with Gasteiger partial charge < -0.3 is 10.2 Å². The molecule has 0 radical (unpaired) electrons. The molecule has 0 saturated carbocycles. The highest BCUT2D eigenvalue weighted by Gasteiger charge is 2.09. The third kappa shape index (κ3) is 1.08. The summed E-state index contributed by atoms with van der Waals surface area (Å²) in [5.41, 5.74) is 7.07. The molecule has 0 aliphatic carbocycles. The van der Waals surface area contributed by atoms with Crippen LogP contribution in [-0.2, 0) is 0 Å². The van der Waals surface area contributed by atoms with Crippen molar-refractivity contribution in [2.45, 2.75) is 6.92 Å². The Labute approximate surface area is 73.1 Å². The Morgan fingerprint density at radius 1 is 1.58 bits per heavy atom. The van der Waals surface area contributed by atoms with Gasteiger partial charge in [0.05, 0.1) is 5.69 Å². The SMILES string of the molecule is Cc1ncoc1-c1csc(N)n1. The van der Waals surface area contributed by atoms with E-state index in [0.29, 0.717) is 10.9 Å². The normalized spacial score (nSPS) is 10.4. The fourth-order valence-electron chi connectivity index (χ4n) is 0.940. The van der Waals surface area contributed by atoms with Gasteiger partial charge in [0.1, 0.15) is 5.69 Å². The highest BCUT2D eigenvalue weighted by Crippen LogP contribution is 2.24. The Morgan fingerprint density at radius 2 is 2.42 bits per heavy atom. The van der Waals surface area contributed by atoms with Crippen LogP contribution in [0.1, 0.15) is 5.69 Å². The monoisotopic (exact) mass is 181 g/mol. The Bertz CT molecular complexity index is 393. The molecule has 2 aromatic rings. The molecule has 0 amide bonds. The third-order valence-electron chi connectivity index (χ3n) is 1.50. The quantitative estimate of drug-likeness (QED) is 0.727. The second-order valence-corrected chi connectivity index (χ2v) is 3.23. The summed E-state index contributed by atoms with van der Waals surface area (Å²) in [5, 5.41) is 2.39. The maximum atomic E-state index is 5.48. The Kier molecular flexibility index (Phi) is 1.58. The first-order valence-electron chi connectivity index (χ1n) is 3.39. The summed E-state index contributed by atoms with van der Waals surface area (Å²) < 4.78 is 5.14. The Hall–Kier alpha value is -1.36. The first kappa shape index (κ1) is 7.30. The molecule has 0 atom stereocenters. The topological polar surface area (TPSA) is 64.9 Å². The zero-order valence-corrected chi connectivity index (χ0v) is 7.26. The highest BCUT2D eigenvalue weighted by molar-refractivity contribution is 7.13. The molecule has 0 unspecified atom stereocenters. The smallest absolute Gasteiger partial charge is 0.181 e. The molecule has 2 heterocycles. The summed E-state index contributed by atoms with van der Waals surface area (Å²) in [6.45, 7) is 1.87. The number of nitrogen functional groups attached to an aromatic ring is 1. The lowest BCUT2D eigenvalue weighted by molar-refractivity contribution is 0.569. The molecule has 0 aliphatic heterocycles. The average Bonchev–Trinajstić information content (AvgIpc) is 2.58. The zero-order valence-electron chi connectivity index (χ0n) is 6.44. The number of nitrogens with two attached hydrogens (primary N) is 1. The predicted molar refractivity (Wildman–Crippen MR) is 46.8 cm³/mol. The van der Waals surface area contributed by atoms with Gasteiger partial charge in [-0.05, 0) is 6.92 Å². The standard InChI is InChI=1S/C7H7N3OS/c1-4-6(11-3-9-4)5-2-12-7(8)10-5/h2-3H,1H3,(H2,8,10). The summed E-state index contributed by atoms with van der Waals surface area (Å²) in [4.78, 5) is 8.04. The average molecular weight is 181 g/mol. The van der Waals surface area contributed by atoms with Crippen molar-refractivity contribution in [2.75, 3.05) is 5.73 Å². The molecule has 4 nitrogen and oxygen atoms in total. The number of thiazole rings is 1. The van der Waals surface area contributed by atoms with Gasteiger partial charge in [-0.3, -0.25) is 0 Å². The Morgan fingerprint density at radius 3 is 2.92 bits per heavy atom. The first-order valence-corrected chi connectivity index (χ1v) is 4.27. The van der Waals surface area contributed by atoms with Crippen molar-refractivity contribution in [1.82, 2.24) is 9.97 Å². The van der Waals surface area contributed by atoms with Crippen molar-refractivity contribution in [1.29, 1.82) is 0 Å². The van der Waals surface area contributed by atoms with Crippen molar-refractivity contribution in [3.8, 4) is 11.5 Å². The minimum absolute atomic E-state index is 0.542. The van der Waals surface area contributed by atoms with Gasteiger partial charge in [0.2, 0.25) is 0 Å². The van der Waals surface area contributed by atoms with Gasteiger partial charge in [-0.2, -0.15) is 0 Å². The number of oxazole rings is 1. The molecular weight excluding hydrogens is 174 g/mol. The molecule has 0 fully saturated rings. The number of rotatable bonds is 1. The summed E-state index contributed by atoms with van der Waals surface area (Å²) in [7, 11) is 0. The maximum absolute atomic E-state index is 5.48. The van der Waals surface area contributed by atoms with Crippen molar-refractivity contribution < 1.29 is 4.42 Å². The lowest BCUT2D eigenvalue weighted by atomic mass is 10.3. The van der Waals surface area contributed by atoms with E-state index < -0.39 is 0 Å². The number of hydrogen-bond acceptors (Lipinski definition) is 5. The summed E-state index contributed by atoms with van der Waals surface area (Å²) in [5.74, 6) is 0.697. The van der Waals surface area contributed by atoms with Crippen LogP contribution in [0.4, 0.5) is 5.13 Å².